The van der Waals surface area contributed by atoms with Gasteiger partial charge in [0.25, 0.3) is 0 Å². The highest BCUT2D eigenvalue weighted by molar-refractivity contribution is 5.65. The number of nitrogens with zero attached hydrogens (tertiary/aromatic N) is 6. The van der Waals surface area contributed by atoms with Crippen LogP contribution in [0.5, 0.6) is 11.8 Å². The standard InChI is InChI=1S/C27H20N6O2/c1-17-22-23(20-13-8-14-34-20)24-25-29-21(15-18-9-4-2-5-10-18)31-32(25)16-28-26(24)35-27(22)33(30-17)19-11-6-3-7-12-19/h2-14,16,23H,15H2,1H3. The van der Waals surface area contributed by atoms with E-state index in [-0.39, 0.29) is 5.92 Å². The van der Waals surface area contributed by atoms with E-state index in [1.165, 1.54) is 0 Å². The van der Waals surface area contributed by atoms with Crippen LogP contribution in [0.2, 0.25) is 0 Å². The molecule has 1 aliphatic heterocycles. The minimum atomic E-state index is -0.286. The Morgan fingerprint density at radius 2 is 1.69 bits per heavy atom. The summed E-state index contributed by atoms with van der Waals surface area (Å²) in [6.07, 6.45) is 3.95. The molecule has 8 nitrogen and oxygen atoms in total. The molecular formula is C27H20N6O2. The summed E-state index contributed by atoms with van der Waals surface area (Å²) in [6.45, 7) is 1.99. The summed E-state index contributed by atoms with van der Waals surface area (Å²) in [5, 5.41) is 9.53. The van der Waals surface area contributed by atoms with E-state index >= 15 is 0 Å². The van der Waals surface area contributed by atoms with Crippen LogP contribution in [0.3, 0.4) is 0 Å². The van der Waals surface area contributed by atoms with Crippen LogP contribution in [0, 0.1) is 6.92 Å². The van der Waals surface area contributed by atoms with Crippen molar-refractivity contribution in [2.75, 3.05) is 0 Å². The van der Waals surface area contributed by atoms with Gasteiger partial charge < -0.3 is 9.15 Å². The molecule has 8 heteroatoms. The molecule has 6 aromatic rings. The molecule has 1 unspecified atom stereocenters. The highest BCUT2D eigenvalue weighted by Crippen LogP contribution is 2.49. The van der Waals surface area contributed by atoms with Gasteiger partial charge in [0.2, 0.25) is 11.8 Å². The minimum Gasteiger partial charge on any atom is -0.468 e. The maximum absolute atomic E-state index is 6.41. The number of ether oxygens (including phenoxy) is 1. The summed E-state index contributed by atoms with van der Waals surface area (Å²) in [5.41, 5.74) is 5.34. The number of para-hydroxylation sites is 1. The number of rotatable bonds is 4. The van der Waals surface area contributed by atoms with E-state index in [9.17, 15) is 0 Å². The zero-order valence-corrected chi connectivity index (χ0v) is 18.9. The molecule has 170 valence electrons. The van der Waals surface area contributed by atoms with E-state index in [2.05, 4.69) is 17.1 Å². The first-order valence-electron chi connectivity index (χ1n) is 11.4. The van der Waals surface area contributed by atoms with E-state index in [1.54, 1.807) is 17.1 Å². The van der Waals surface area contributed by atoms with E-state index in [1.807, 2.05) is 72.3 Å². The monoisotopic (exact) mass is 460 g/mol. The Kier molecular flexibility index (Phi) is 4.32. The second-order valence-corrected chi connectivity index (χ2v) is 8.52. The molecular weight excluding hydrogens is 440 g/mol. The lowest BCUT2D eigenvalue weighted by Gasteiger charge is -2.24. The molecule has 35 heavy (non-hydrogen) atoms. The lowest BCUT2D eigenvalue weighted by molar-refractivity contribution is 0.392. The van der Waals surface area contributed by atoms with Gasteiger partial charge in [-0.3, -0.25) is 0 Å². The van der Waals surface area contributed by atoms with Crippen molar-refractivity contribution in [2.24, 2.45) is 0 Å². The first-order chi connectivity index (χ1) is 17.3. The van der Waals surface area contributed by atoms with Crippen molar-refractivity contribution in [3.63, 3.8) is 0 Å². The molecule has 4 aromatic heterocycles. The van der Waals surface area contributed by atoms with E-state index in [0.29, 0.717) is 29.7 Å². The normalized spacial score (nSPS) is 14.5. The molecule has 5 heterocycles. The maximum Gasteiger partial charge on any atom is 0.230 e. The molecule has 0 radical (unpaired) electrons. The number of hydrogen-bond acceptors (Lipinski definition) is 6. The van der Waals surface area contributed by atoms with Crippen LogP contribution in [0.4, 0.5) is 0 Å². The predicted molar refractivity (Wildman–Crippen MR) is 128 cm³/mol. The summed E-state index contributed by atoms with van der Waals surface area (Å²) in [7, 11) is 0. The molecule has 0 fully saturated rings. The van der Waals surface area contributed by atoms with Crippen molar-refractivity contribution in [1.29, 1.82) is 0 Å². The van der Waals surface area contributed by atoms with Crippen LogP contribution in [0.15, 0.2) is 89.8 Å². The fourth-order valence-corrected chi connectivity index (χ4v) is 4.76. The predicted octanol–water partition coefficient (Wildman–Crippen LogP) is 5.09. The average Bonchev–Trinajstić information content (AvgIpc) is 3.63. The molecule has 0 spiro atoms. The molecule has 1 aliphatic rings. The van der Waals surface area contributed by atoms with Crippen LogP contribution in [-0.2, 0) is 6.42 Å². The number of aromatic nitrogens is 6. The number of benzene rings is 2. The second kappa shape index (κ2) is 7.66. The Bertz CT molecular complexity index is 1650. The van der Waals surface area contributed by atoms with Crippen LogP contribution in [0.25, 0.3) is 11.3 Å². The maximum atomic E-state index is 6.41. The van der Waals surface area contributed by atoms with Crippen molar-refractivity contribution >= 4 is 5.65 Å². The van der Waals surface area contributed by atoms with Crippen molar-refractivity contribution in [3.8, 4) is 17.4 Å². The fourth-order valence-electron chi connectivity index (χ4n) is 4.76. The fraction of sp³-hybridized carbons (Fsp3) is 0.111. The average molecular weight is 460 g/mol. The summed E-state index contributed by atoms with van der Waals surface area (Å²) >= 11 is 0. The van der Waals surface area contributed by atoms with Gasteiger partial charge in [-0.05, 0) is 36.8 Å². The van der Waals surface area contributed by atoms with E-state index in [0.717, 1.165) is 33.8 Å². The molecule has 2 aromatic carbocycles. The molecule has 7 rings (SSSR count). The zero-order chi connectivity index (χ0) is 23.4. The van der Waals surface area contributed by atoms with E-state index in [4.69, 9.17) is 24.3 Å². The lowest BCUT2D eigenvalue weighted by atomic mass is 9.88. The largest absolute Gasteiger partial charge is 0.468 e. The molecule has 0 aliphatic carbocycles. The van der Waals surface area contributed by atoms with Gasteiger partial charge in [0.1, 0.15) is 12.1 Å². The number of hydrogen-bond donors (Lipinski definition) is 0. The Balaban J connectivity index is 1.43. The van der Waals surface area contributed by atoms with Crippen molar-refractivity contribution in [3.05, 3.63) is 119 Å². The number of fused-ring (bicyclic) bond motifs is 4. The Hall–Kier alpha value is -4.72. The molecule has 1 atom stereocenters. The summed E-state index contributed by atoms with van der Waals surface area (Å²) in [6, 6.07) is 24.0. The molecule has 0 N–H and O–H groups in total. The third-order valence-corrected chi connectivity index (χ3v) is 6.30. The van der Waals surface area contributed by atoms with Gasteiger partial charge in [-0.2, -0.15) is 5.10 Å². The summed E-state index contributed by atoms with van der Waals surface area (Å²) in [4.78, 5) is 9.54. The Morgan fingerprint density at radius 3 is 2.46 bits per heavy atom. The molecule has 0 amide bonds. The zero-order valence-electron chi connectivity index (χ0n) is 18.9. The highest BCUT2D eigenvalue weighted by atomic mass is 16.5. The SMILES string of the molecule is Cc1nn(-c2ccccc2)c2c1C(c1ccco1)c1c(ncn3nc(Cc4ccccc4)nc13)O2. The lowest BCUT2D eigenvalue weighted by Crippen LogP contribution is -2.15. The molecule has 0 saturated carbocycles. The first kappa shape index (κ1) is 19.7. The third kappa shape index (κ3) is 3.14. The highest BCUT2D eigenvalue weighted by Gasteiger charge is 2.39. The van der Waals surface area contributed by atoms with Crippen molar-refractivity contribution in [2.45, 2.75) is 19.3 Å². The molecule has 0 bridgehead atoms. The van der Waals surface area contributed by atoms with Crippen molar-refractivity contribution in [1.82, 2.24) is 29.4 Å². The smallest absolute Gasteiger partial charge is 0.230 e. The second-order valence-electron chi connectivity index (χ2n) is 8.52. The molecule has 0 saturated heterocycles. The van der Waals surface area contributed by atoms with Crippen molar-refractivity contribution < 1.29 is 9.15 Å². The first-order valence-corrected chi connectivity index (χ1v) is 11.4. The van der Waals surface area contributed by atoms with Gasteiger partial charge in [0.15, 0.2) is 11.5 Å². The van der Waals surface area contributed by atoms with Crippen LogP contribution in [-0.4, -0.2) is 29.4 Å². The van der Waals surface area contributed by atoms with Gasteiger partial charge in [-0.1, -0.05) is 48.5 Å². The van der Waals surface area contributed by atoms with Gasteiger partial charge in [-0.15, -0.1) is 5.10 Å². The Labute approximate surface area is 200 Å². The van der Waals surface area contributed by atoms with Gasteiger partial charge in [0, 0.05) is 6.42 Å². The number of aryl methyl sites for hydroxylation is 1. The minimum absolute atomic E-state index is 0.286. The van der Waals surface area contributed by atoms with Gasteiger partial charge in [0.05, 0.1) is 34.7 Å². The van der Waals surface area contributed by atoms with Crippen LogP contribution in [0.1, 0.15) is 39.9 Å². The number of furan rings is 1. The van der Waals surface area contributed by atoms with Crippen LogP contribution < -0.4 is 4.74 Å². The summed E-state index contributed by atoms with van der Waals surface area (Å²) < 4.78 is 15.9. The summed E-state index contributed by atoms with van der Waals surface area (Å²) in [5.74, 6) is 2.30. The topological polar surface area (TPSA) is 83.3 Å². The van der Waals surface area contributed by atoms with E-state index < -0.39 is 0 Å². The Morgan fingerprint density at radius 1 is 0.886 bits per heavy atom. The quantitative estimate of drug-likeness (QED) is 0.364. The van der Waals surface area contributed by atoms with Crippen LogP contribution >= 0.6 is 0 Å². The third-order valence-electron chi connectivity index (χ3n) is 6.30. The van der Waals surface area contributed by atoms with Gasteiger partial charge >= 0.3 is 0 Å². The van der Waals surface area contributed by atoms with Gasteiger partial charge in [-0.25, -0.2) is 19.2 Å².